The van der Waals surface area contributed by atoms with Crippen molar-refractivity contribution < 1.29 is 9.53 Å². The van der Waals surface area contributed by atoms with Gasteiger partial charge in [0, 0.05) is 39.1 Å². The molecule has 1 aromatic rings. The number of pyridine rings is 1. The van der Waals surface area contributed by atoms with Crippen molar-refractivity contribution >= 4 is 5.91 Å². The molecule has 1 aromatic heterocycles. The molecule has 0 aromatic carbocycles. The molecule has 17 heavy (non-hydrogen) atoms. The average Bonchev–Trinajstić information content (AvgIpc) is 2.38. The van der Waals surface area contributed by atoms with Crippen LogP contribution in [0.2, 0.25) is 0 Å². The number of carbonyl (C=O) groups excluding carboxylic acids is 1. The fourth-order valence-corrected chi connectivity index (χ4v) is 1.56. The van der Waals surface area contributed by atoms with Gasteiger partial charge in [-0.15, -0.1) is 0 Å². The minimum atomic E-state index is -0.559. The molecular formula is C12H19N3O2. The Hall–Kier alpha value is -1.46. The van der Waals surface area contributed by atoms with Crippen molar-refractivity contribution in [3.8, 4) is 0 Å². The van der Waals surface area contributed by atoms with Gasteiger partial charge in [-0.25, -0.2) is 0 Å². The molecule has 1 amide bonds. The first kappa shape index (κ1) is 13.6. The highest BCUT2D eigenvalue weighted by Crippen LogP contribution is 2.06. The van der Waals surface area contributed by atoms with Gasteiger partial charge in [0.2, 0.25) is 0 Å². The zero-order valence-corrected chi connectivity index (χ0v) is 10.3. The number of aromatic nitrogens is 1. The Balaban J connectivity index is 2.68. The van der Waals surface area contributed by atoms with Gasteiger partial charge in [0.1, 0.15) is 6.10 Å². The molecule has 2 N–H and O–H groups in total. The van der Waals surface area contributed by atoms with Crippen LogP contribution >= 0.6 is 0 Å². The van der Waals surface area contributed by atoms with Crippen molar-refractivity contribution in [3.63, 3.8) is 0 Å². The third-order valence-corrected chi connectivity index (χ3v) is 2.59. The molecule has 5 nitrogen and oxygen atoms in total. The highest BCUT2D eigenvalue weighted by molar-refractivity contribution is 5.81. The number of hydrogen-bond donors (Lipinski definition) is 1. The third kappa shape index (κ3) is 3.80. The number of likely N-dealkylation sites (N-methyl/N-ethyl adjacent to an activating group) is 1. The van der Waals surface area contributed by atoms with Gasteiger partial charge in [0.05, 0.1) is 0 Å². The Morgan fingerprint density at radius 3 is 2.65 bits per heavy atom. The lowest BCUT2D eigenvalue weighted by atomic mass is 10.2. The molecule has 0 fully saturated rings. The summed E-state index contributed by atoms with van der Waals surface area (Å²) in [5, 5.41) is 0. The normalized spacial score (nSPS) is 12.2. The maximum atomic E-state index is 12.0. The van der Waals surface area contributed by atoms with Crippen molar-refractivity contribution in [2.24, 2.45) is 5.73 Å². The summed E-state index contributed by atoms with van der Waals surface area (Å²) in [6, 6.07) is 3.78. The van der Waals surface area contributed by atoms with E-state index in [0.29, 0.717) is 13.1 Å². The van der Waals surface area contributed by atoms with E-state index >= 15 is 0 Å². The first-order valence-corrected chi connectivity index (χ1v) is 5.63. The minimum Gasteiger partial charge on any atom is -0.370 e. The quantitative estimate of drug-likeness (QED) is 0.777. The second-order valence-electron chi connectivity index (χ2n) is 3.67. The number of rotatable bonds is 6. The molecule has 5 heteroatoms. The molecule has 0 aliphatic rings. The number of hydrogen-bond acceptors (Lipinski definition) is 4. The van der Waals surface area contributed by atoms with E-state index in [1.807, 2.05) is 19.1 Å². The van der Waals surface area contributed by atoms with Gasteiger partial charge in [-0.3, -0.25) is 9.78 Å². The van der Waals surface area contributed by atoms with E-state index < -0.39 is 6.10 Å². The zero-order chi connectivity index (χ0) is 12.7. The van der Waals surface area contributed by atoms with E-state index in [9.17, 15) is 4.79 Å². The summed E-state index contributed by atoms with van der Waals surface area (Å²) in [5.74, 6) is -0.0747. The lowest BCUT2D eigenvalue weighted by Crippen LogP contribution is -2.43. The van der Waals surface area contributed by atoms with E-state index in [1.165, 1.54) is 7.11 Å². The summed E-state index contributed by atoms with van der Waals surface area (Å²) in [5.41, 5.74) is 6.53. The summed E-state index contributed by atoms with van der Waals surface area (Å²) < 4.78 is 5.05. The molecule has 94 valence electrons. The number of ether oxygens (including phenoxy) is 1. The van der Waals surface area contributed by atoms with Crippen LogP contribution in [-0.4, -0.2) is 42.1 Å². The average molecular weight is 237 g/mol. The lowest BCUT2D eigenvalue weighted by Gasteiger charge is -2.24. The van der Waals surface area contributed by atoms with Crippen LogP contribution in [0.1, 0.15) is 12.5 Å². The number of methoxy groups -OCH3 is 1. The highest BCUT2D eigenvalue weighted by Gasteiger charge is 2.21. The molecule has 0 radical (unpaired) electrons. The molecule has 0 aliphatic heterocycles. The maximum absolute atomic E-state index is 12.0. The third-order valence-electron chi connectivity index (χ3n) is 2.59. The van der Waals surface area contributed by atoms with Crippen molar-refractivity contribution in [3.05, 3.63) is 30.1 Å². The van der Waals surface area contributed by atoms with Crippen molar-refractivity contribution in [2.75, 3.05) is 20.2 Å². The van der Waals surface area contributed by atoms with Crippen LogP contribution in [0, 0.1) is 0 Å². The lowest BCUT2D eigenvalue weighted by molar-refractivity contribution is -0.141. The largest absolute Gasteiger partial charge is 0.370 e. The molecular weight excluding hydrogens is 218 g/mol. The van der Waals surface area contributed by atoms with Gasteiger partial charge in [-0.2, -0.15) is 0 Å². The molecule has 0 spiro atoms. The van der Waals surface area contributed by atoms with Gasteiger partial charge in [-0.05, 0) is 24.6 Å². The van der Waals surface area contributed by atoms with Gasteiger partial charge >= 0.3 is 0 Å². The number of nitrogens with two attached hydrogens (primary N) is 1. The summed E-state index contributed by atoms with van der Waals surface area (Å²) >= 11 is 0. The first-order valence-electron chi connectivity index (χ1n) is 5.63. The second kappa shape index (κ2) is 6.98. The molecule has 0 aliphatic carbocycles. The van der Waals surface area contributed by atoms with Gasteiger partial charge in [0.25, 0.3) is 5.91 Å². The summed E-state index contributed by atoms with van der Waals surface area (Å²) in [7, 11) is 1.50. The van der Waals surface area contributed by atoms with Crippen LogP contribution in [-0.2, 0) is 16.1 Å². The van der Waals surface area contributed by atoms with Gasteiger partial charge in [-0.1, -0.05) is 0 Å². The topological polar surface area (TPSA) is 68.5 Å². The van der Waals surface area contributed by atoms with Crippen LogP contribution in [0.25, 0.3) is 0 Å². The summed E-state index contributed by atoms with van der Waals surface area (Å²) in [4.78, 5) is 17.7. The summed E-state index contributed by atoms with van der Waals surface area (Å²) in [6.45, 7) is 3.31. The standard InChI is InChI=1S/C12H19N3O2/c1-3-15(12(16)11(8-13)17-2)9-10-4-6-14-7-5-10/h4-7,11H,3,8-9,13H2,1-2H3. The van der Waals surface area contributed by atoms with Gasteiger partial charge in [0.15, 0.2) is 0 Å². The Labute approximate surface area is 102 Å². The molecule has 1 atom stereocenters. The van der Waals surface area contributed by atoms with Crippen molar-refractivity contribution in [2.45, 2.75) is 19.6 Å². The fraction of sp³-hybridized carbons (Fsp3) is 0.500. The fourth-order valence-electron chi connectivity index (χ4n) is 1.56. The Morgan fingerprint density at radius 1 is 1.53 bits per heavy atom. The molecule has 0 saturated heterocycles. The second-order valence-corrected chi connectivity index (χ2v) is 3.67. The summed E-state index contributed by atoms with van der Waals surface area (Å²) in [6.07, 6.45) is 2.87. The Kier molecular flexibility index (Phi) is 5.59. The van der Waals surface area contributed by atoms with Crippen LogP contribution in [0.15, 0.2) is 24.5 Å². The van der Waals surface area contributed by atoms with Crippen molar-refractivity contribution in [1.82, 2.24) is 9.88 Å². The van der Waals surface area contributed by atoms with Gasteiger partial charge < -0.3 is 15.4 Å². The SMILES string of the molecule is CCN(Cc1ccncc1)C(=O)C(CN)OC. The van der Waals surface area contributed by atoms with E-state index in [-0.39, 0.29) is 12.5 Å². The number of amides is 1. The number of carbonyl (C=O) groups is 1. The van der Waals surface area contributed by atoms with E-state index in [2.05, 4.69) is 4.98 Å². The number of nitrogens with zero attached hydrogens (tertiary/aromatic N) is 2. The minimum absolute atomic E-state index is 0.0747. The van der Waals surface area contributed by atoms with Crippen molar-refractivity contribution in [1.29, 1.82) is 0 Å². The predicted octanol–water partition coefficient (Wildman–Crippen LogP) is 0.404. The van der Waals surface area contributed by atoms with Crippen LogP contribution in [0.3, 0.4) is 0 Å². The monoisotopic (exact) mass is 237 g/mol. The smallest absolute Gasteiger partial charge is 0.253 e. The van der Waals surface area contributed by atoms with Crippen LogP contribution in [0.4, 0.5) is 0 Å². The Morgan fingerprint density at radius 2 is 2.18 bits per heavy atom. The Bertz CT molecular complexity index is 339. The highest BCUT2D eigenvalue weighted by atomic mass is 16.5. The van der Waals surface area contributed by atoms with Crippen LogP contribution < -0.4 is 5.73 Å². The molecule has 1 rings (SSSR count). The first-order chi connectivity index (χ1) is 8.22. The van der Waals surface area contributed by atoms with Crippen LogP contribution in [0.5, 0.6) is 0 Å². The molecule has 1 unspecified atom stereocenters. The molecule has 0 bridgehead atoms. The zero-order valence-electron chi connectivity index (χ0n) is 10.3. The predicted molar refractivity (Wildman–Crippen MR) is 65.2 cm³/mol. The maximum Gasteiger partial charge on any atom is 0.253 e. The van der Waals surface area contributed by atoms with E-state index in [0.717, 1.165) is 5.56 Å². The molecule has 1 heterocycles. The van der Waals surface area contributed by atoms with E-state index in [1.54, 1.807) is 17.3 Å². The van der Waals surface area contributed by atoms with E-state index in [4.69, 9.17) is 10.5 Å². The molecule has 0 saturated carbocycles.